The molecular weight excluding hydrogens is 320 g/mol. The molecule has 3 N–H and O–H groups in total. The fourth-order valence-corrected chi connectivity index (χ4v) is 2.52. The summed E-state index contributed by atoms with van der Waals surface area (Å²) < 4.78 is 5.18. The first-order chi connectivity index (χ1) is 12.1. The molecule has 0 saturated heterocycles. The topological polar surface area (TPSA) is 87.7 Å². The minimum Gasteiger partial charge on any atom is -0.465 e. The van der Waals surface area contributed by atoms with Crippen LogP contribution < -0.4 is 10.6 Å². The third-order valence-corrected chi connectivity index (χ3v) is 3.73. The van der Waals surface area contributed by atoms with Crippen LogP contribution in [0.15, 0.2) is 60.7 Å². The molecule has 0 aliphatic heterocycles. The van der Waals surface area contributed by atoms with Crippen LogP contribution in [-0.4, -0.2) is 23.9 Å². The number of amides is 2. The van der Waals surface area contributed by atoms with Crippen molar-refractivity contribution in [3.8, 4) is 0 Å². The van der Waals surface area contributed by atoms with Crippen molar-refractivity contribution in [2.75, 3.05) is 6.61 Å². The molecule has 25 heavy (non-hydrogen) atoms. The second kappa shape index (κ2) is 8.73. The van der Waals surface area contributed by atoms with E-state index in [4.69, 9.17) is 4.74 Å². The molecule has 2 rings (SSSR count). The number of hydrogen-bond acceptors (Lipinski definition) is 3. The van der Waals surface area contributed by atoms with E-state index in [1.54, 1.807) is 48.5 Å². The molecule has 2 aromatic rings. The summed E-state index contributed by atoms with van der Waals surface area (Å²) in [6.45, 7) is 2.26. The van der Waals surface area contributed by atoms with Crippen molar-refractivity contribution in [2.24, 2.45) is 0 Å². The third kappa shape index (κ3) is 4.73. The smallest absolute Gasteiger partial charge is 0.409 e. The minimum atomic E-state index is -1.45. The lowest BCUT2D eigenvalue weighted by atomic mass is 9.91. The van der Waals surface area contributed by atoms with E-state index in [1.165, 1.54) is 0 Å². The van der Waals surface area contributed by atoms with E-state index in [1.807, 2.05) is 19.1 Å². The largest absolute Gasteiger partial charge is 0.465 e. The predicted octanol–water partition coefficient (Wildman–Crippen LogP) is 3.68. The molecule has 0 spiro atoms. The summed E-state index contributed by atoms with van der Waals surface area (Å²) in [6, 6.07) is 17.7. The van der Waals surface area contributed by atoms with Crippen LogP contribution in [0.2, 0.25) is 0 Å². The summed E-state index contributed by atoms with van der Waals surface area (Å²) in [5, 5.41) is 14.5. The number of rotatable bonds is 7. The van der Waals surface area contributed by atoms with Crippen LogP contribution in [0.25, 0.3) is 0 Å². The van der Waals surface area contributed by atoms with E-state index in [9.17, 15) is 14.7 Å². The van der Waals surface area contributed by atoms with Gasteiger partial charge in [-0.05, 0) is 6.42 Å². The van der Waals surface area contributed by atoms with Crippen LogP contribution in [0.5, 0.6) is 0 Å². The zero-order valence-electron chi connectivity index (χ0n) is 14.1. The number of ether oxygens (including phenoxy) is 1. The molecule has 2 amide bonds. The Hall–Kier alpha value is -3.02. The van der Waals surface area contributed by atoms with Crippen molar-refractivity contribution in [3.05, 3.63) is 71.8 Å². The molecule has 0 atom stereocenters. The summed E-state index contributed by atoms with van der Waals surface area (Å²) in [4.78, 5) is 23.8. The number of carboxylic acid groups (broad SMARTS) is 1. The fraction of sp³-hybridized carbons (Fsp3) is 0.263. The van der Waals surface area contributed by atoms with Crippen molar-refractivity contribution in [1.29, 1.82) is 0 Å². The number of unbranched alkanes of at least 4 members (excludes halogenated alkanes) is 1. The molecule has 0 fully saturated rings. The molecule has 0 bridgehead atoms. The highest BCUT2D eigenvalue weighted by molar-refractivity contribution is 5.73. The van der Waals surface area contributed by atoms with Crippen LogP contribution in [-0.2, 0) is 10.4 Å². The fourth-order valence-electron chi connectivity index (χ4n) is 2.52. The van der Waals surface area contributed by atoms with Gasteiger partial charge in [-0.15, -0.1) is 0 Å². The number of benzene rings is 2. The van der Waals surface area contributed by atoms with Crippen molar-refractivity contribution >= 4 is 12.2 Å². The highest BCUT2D eigenvalue weighted by Gasteiger charge is 2.38. The number of alkyl carbamates (subject to hydrolysis) is 1. The monoisotopic (exact) mass is 342 g/mol. The summed E-state index contributed by atoms with van der Waals surface area (Å²) in [7, 11) is 0. The first kappa shape index (κ1) is 18.3. The van der Waals surface area contributed by atoms with Crippen molar-refractivity contribution in [1.82, 2.24) is 10.6 Å². The average Bonchev–Trinajstić information content (AvgIpc) is 2.62. The highest BCUT2D eigenvalue weighted by atomic mass is 16.5. The molecule has 0 radical (unpaired) electrons. The van der Waals surface area contributed by atoms with Gasteiger partial charge in [0, 0.05) is 11.1 Å². The van der Waals surface area contributed by atoms with Crippen molar-refractivity contribution in [2.45, 2.75) is 25.4 Å². The number of carbonyl (C=O) groups is 2. The molecule has 2 aromatic carbocycles. The van der Waals surface area contributed by atoms with Gasteiger partial charge >= 0.3 is 12.2 Å². The average molecular weight is 342 g/mol. The summed E-state index contributed by atoms with van der Waals surface area (Å²) >= 11 is 0. The van der Waals surface area contributed by atoms with Gasteiger partial charge in [0.05, 0.1) is 6.61 Å². The van der Waals surface area contributed by atoms with E-state index in [-0.39, 0.29) is 6.61 Å². The van der Waals surface area contributed by atoms with E-state index < -0.39 is 17.8 Å². The number of carbonyl (C=O) groups excluding carboxylic acids is 1. The standard InChI is InChI=1S/C19H22N2O4/c1-2-3-14-25-18(24)21-19(20-17(22)23,15-10-6-4-7-11-15)16-12-8-5-9-13-16/h4-13,20H,2-3,14H2,1H3,(H,21,24)(H,22,23). The first-order valence-corrected chi connectivity index (χ1v) is 8.15. The molecule has 132 valence electrons. The zero-order chi connectivity index (χ0) is 18.1. The van der Waals surface area contributed by atoms with Crippen molar-refractivity contribution < 1.29 is 19.4 Å². The molecule has 0 aliphatic carbocycles. The van der Waals surface area contributed by atoms with Crippen molar-refractivity contribution in [3.63, 3.8) is 0 Å². The predicted molar refractivity (Wildman–Crippen MR) is 94.2 cm³/mol. The molecule has 6 heteroatoms. The second-order valence-corrected chi connectivity index (χ2v) is 5.53. The molecule has 0 aromatic heterocycles. The van der Waals surface area contributed by atoms with Gasteiger partial charge in [-0.1, -0.05) is 74.0 Å². The summed E-state index contributed by atoms with van der Waals surface area (Å²) in [6.07, 6.45) is -0.316. The summed E-state index contributed by atoms with van der Waals surface area (Å²) in [5.74, 6) is 0. The van der Waals surface area contributed by atoms with Gasteiger partial charge in [0.15, 0.2) is 5.66 Å². The lowest BCUT2D eigenvalue weighted by Crippen LogP contribution is -2.58. The van der Waals surface area contributed by atoms with Crippen LogP contribution >= 0.6 is 0 Å². The second-order valence-electron chi connectivity index (χ2n) is 5.53. The first-order valence-electron chi connectivity index (χ1n) is 8.15. The van der Waals surface area contributed by atoms with Gasteiger partial charge in [0.2, 0.25) is 0 Å². The summed E-state index contributed by atoms with van der Waals surface area (Å²) in [5.41, 5.74) is -0.287. The van der Waals surface area contributed by atoms with Gasteiger partial charge in [0.25, 0.3) is 0 Å². The lowest BCUT2D eigenvalue weighted by molar-refractivity contribution is 0.127. The Bertz CT molecular complexity index is 650. The van der Waals surface area contributed by atoms with Crippen LogP contribution in [0.1, 0.15) is 30.9 Å². The molecule has 0 aliphatic rings. The molecule has 0 saturated carbocycles. The molecule has 0 heterocycles. The minimum absolute atomic E-state index is 0.273. The SMILES string of the molecule is CCCCOC(=O)NC(NC(=O)O)(c1ccccc1)c1ccccc1. The number of nitrogens with one attached hydrogen (secondary N) is 2. The maximum absolute atomic E-state index is 12.3. The third-order valence-electron chi connectivity index (χ3n) is 3.73. The van der Waals surface area contributed by atoms with Gasteiger partial charge in [-0.2, -0.15) is 0 Å². The molecule has 6 nitrogen and oxygen atoms in total. The highest BCUT2D eigenvalue weighted by Crippen LogP contribution is 2.27. The van der Waals surface area contributed by atoms with Crippen LogP contribution in [0.4, 0.5) is 9.59 Å². The van der Waals surface area contributed by atoms with Gasteiger partial charge < -0.3 is 9.84 Å². The Morgan fingerprint density at radius 1 is 0.960 bits per heavy atom. The van der Waals surface area contributed by atoms with E-state index >= 15 is 0 Å². The van der Waals surface area contributed by atoms with Gasteiger partial charge in [-0.25, -0.2) is 9.59 Å². The Balaban J connectivity index is 2.44. The Labute approximate surface area is 146 Å². The van der Waals surface area contributed by atoms with Crippen LogP contribution in [0, 0.1) is 0 Å². The number of hydrogen-bond donors (Lipinski definition) is 3. The zero-order valence-corrected chi connectivity index (χ0v) is 14.1. The van der Waals surface area contributed by atoms with Crippen LogP contribution in [0.3, 0.4) is 0 Å². The van der Waals surface area contributed by atoms with E-state index in [2.05, 4.69) is 10.6 Å². The Kier molecular flexibility index (Phi) is 6.39. The normalized spacial score (nSPS) is 10.8. The van der Waals surface area contributed by atoms with E-state index in [0.717, 1.165) is 12.8 Å². The quantitative estimate of drug-likeness (QED) is 0.529. The van der Waals surface area contributed by atoms with E-state index in [0.29, 0.717) is 11.1 Å². The molecular formula is C19H22N2O4. The molecule has 0 unspecified atom stereocenters. The lowest BCUT2D eigenvalue weighted by Gasteiger charge is -2.35. The maximum atomic E-state index is 12.3. The Morgan fingerprint density at radius 2 is 1.48 bits per heavy atom. The Morgan fingerprint density at radius 3 is 1.92 bits per heavy atom. The van der Waals surface area contributed by atoms with Gasteiger partial charge in [-0.3, -0.25) is 10.6 Å². The van der Waals surface area contributed by atoms with Gasteiger partial charge in [0.1, 0.15) is 0 Å². The maximum Gasteiger partial charge on any atom is 0.409 e.